The van der Waals surface area contributed by atoms with Crippen molar-refractivity contribution in [1.29, 1.82) is 0 Å². The zero-order valence-electron chi connectivity index (χ0n) is 19.4. The fraction of sp³-hybridized carbons (Fsp3) is 0.423. The molecule has 1 aromatic heterocycles. The van der Waals surface area contributed by atoms with Crippen LogP contribution in [0.3, 0.4) is 0 Å². The van der Waals surface area contributed by atoms with Crippen LogP contribution in [0.2, 0.25) is 0 Å². The van der Waals surface area contributed by atoms with E-state index in [1.54, 1.807) is 38.1 Å². The fourth-order valence-corrected chi connectivity index (χ4v) is 4.44. The fourth-order valence-electron chi connectivity index (χ4n) is 4.44. The Morgan fingerprint density at radius 1 is 1.06 bits per heavy atom. The molecule has 0 radical (unpaired) electrons. The van der Waals surface area contributed by atoms with Gasteiger partial charge in [-0.15, -0.1) is 0 Å². The Morgan fingerprint density at radius 3 is 2.42 bits per heavy atom. The number of alkyl halides is 3. The number of fused-ring (bicyclic) bond motifs is 1. The largest absolute Gasteiger partial charge is 0.394 e. The van der Waals surface area contributed by atoms with Crippen LogP contribution in [-0.4, -0.2) is 11.2 Å². The number of benzene rings is 2. The number of aromatic nitrogens is 1. The summed E-state index contributed by atoms with van der Waals surface area (Å²) in [6, 6.07) is 8.45. The van der Waals surface area contributed by atoms with Gasteiger partial charge in [0, 0.05) is 17.1 Å². The van der Waals surface area contributed by atoms with Gasteiger partial charge in [0.15, 0.2) is 0 Å². The Kier molecular flexibility index (Phi) is 7.50. The first kappa shape index (κ1) is 24.8. The van der Waals surface area contributed by atoms with Gasteiger partial charge < -0.3 is 10.3 Å². The van der Waals surface area contributed by atoms with Crippen molar-refractivity contribution >= 4 is 16.6 Å². The van der Waals surface area contributed by atoms with Crippen molar-refractivity contribution < 1.29 is 17.6 Å². The second-order valence-corrected chi connectivity index (χ2v) is 8.63. The lowest BCUT2D eigenvalue weighted by Gasteiger charge is -2.33. The summed E-state index contributed by atoms with van der Waals surface area (Å²) >= 11 is 0. The zero-order chi connectivity index (χ0) is 24.3. The van der Waals surface area contributed by atoms with E-state index in [9.17, 15) is 22.4 Å². The Hall–Kier alpha value is -2.83. The zero-order valence-corrected chi connectivity index (χ0v) is 19.4. The number of halogens is 4. The van der Waals surface area contributed by atoms with Crippen LogP contribution in [-0.2, 0) is 6.42 Å². The third-order valence-electron chi connectivity index (χ3n) is 6.15. The van der Waals surface area contributed by atoms with Crippen molar-refractivity contribution in [3.8, 4) is 0 Å². The van der Waals surface area contributed by atoms with E-state index in [1.165, 1.54) is 12.1 Å². The molecule has 0 bridgehead atoms. The second-order valence-electron chi connectivity index (χ2n) is 8.63. The van der Waals surface area contributed by atoms with Crippen molar-refractivity contribution in [1.82, 2.24) is 4.98 Å². The van der Waals surface area contributed by atoms with E-state index in [-0.39, 0.29) is 18.4 Å². The number of anilines is 1. The van der Waals surface area contributed by atoms with Crippen LogP contribution in [0.15, 0.2) is 41.2 Å². The monoisotopic (exact) mass is 462 g/mol. The second kappa shape index (κ2) is 9.98. The van der Waals surface area contributed by atoms with Crippen LogP contribution >= 0.6 is 0 Å². The number of aromatic amines is 1. The molecule has 3 aromatic rings. The molecule has 3 rings (SSSR count). The van der Waals surface area contributed by atoms with Crippen LogP contribution in [0.5, 0.6) is 0 Å². The maximum atomic E-state index is 15.0. The molecule has 0 fully saturated rings. The van der Waals surface area contributed by atoms with Gasteiger partial charge in [0.1, 0.15) is 5.82 Å². The van der Waals surface area contributed by atoms with Gasteiger partial charge >= 0.3 is 6.18 Å². The average molecular weight is 463 g/mol. The molecule has 2 atom stereocenters. The highest BCUT2D eigenvalue weighted by atomic mass is 19.4. The number of pyridine rings is 1. The molecule has 0 aliphatic rings. The SMILES string of the molecule is CCCCC(C(Nc1cc(C)cc2[nH]c(=O)ccc12)c1ccc(C)c(F)c1CC)C(F)(F)F. The molecule has 0 spiro atoms. The number of aryl methyl sites for hydroxylation is 2. The predicted molar refractivity (Wildman–Crippen MR) is 125 cm³/mol. The smallest absolute Gasteiger partial charge is 0.377 e. The summed E-state index contributed by atoms with van der Waals surface area (Å²) in [5.41, 5.74) is 2.52. The van der Waals surface area contributed by atoms with Crippen LogP contribution < -0.4 is 10.9 Å². The molecule has 0 aliphatic heterocycles. The first-order chi connectivity index (χ1) is 15.6. The maximum Gasteiger partial charge on any atom is 0.394 e. The number of rotatable bonds is 8. The molecular formula is C26H30F4N2O. The Morgan fingerprint density at radius 2 is 1.79 bits per heavy atom. The lowest BCUT2D eigenvalue weighted by atomic mass is 9.84. The van der Waals surface area contributed by atoms with Gasteiger partial charge in [0.2, 0.25) is 5.56 Å². The number of unbranched alkanes of at least 4 members (excludes halogenated alkanes) is 1. The number of nitrogens with one attached hydrogen (secondary N) is 2. The van der Waals surface area contributed by atoms with Crippen molar-refractivity contribution in [2.45, 2.75) is 65.6 Å². The minimum absolute atomic E-state index is 0.0725. The Labute approximate surface area is 191 Å². The molecule has 2 N–H and O–H groups in total. The molecule has 33 heavy (non-hydrogen) atoms. The summed E-state index contributed by atoms with van der Waals surface area (Å²) in [6.45, 7) is 7.03. The topological polar surface area (TPSA) is 44.9 Å². The van der Waals surface area contributed by atoms with E-state index in [4.69, 9.17) is 0 Å². The van der Waals surface area contributed by atoms with Gasteiger partial charge in [0.05, 0.1) is 17.5 Å². The van der Waals surface area contributed by atoms with Crippen molar-refractivity contribution in [3.63, 3.8) is 0 Å². The molecule has 0 amide bonds. The van der Waals surface area contributed by atoms with E-state index in [1.807, 2.05) is 13.8 Å². The lowest BCUT2D eigenvalue weighted by Crippen LogP contribution is -2.34. The highest BCUT2D eigenvalue weighted by Crippen LogP contribution is 2.43. The summed E-state index contributed by atoms with van der Waals surface area (Å²) in [4.78, 5) is 14.5. The van der Waals surface area contributed by atoms with Crippen LogP contribution in [0.25, 0.3) is 10.9 Å². The molecule has 0 saturated carbocycles. The summed E-state index contributed by atoms with van der Waals surface area (Å²) in [5.74, 6) is -2.17. The molecule has 7 heteroatoms. The van der Waals surface area contributed by atoms with Gasteiger partial charge in [-0.1, -0.05) is 38.8 Å². The van der Waals surface area contributed by atoms with Gasteiger partial charge in [-0.25, -0.2) is 4.39 Å². The Balaban J connectivity index is 2.24. The third-order valence-corrected chi connectivity index (χ3v) is 6.15. The van der Waals surface area contributed by atoms with Crippen LogP contribution in [0, 0.1) is 25.6 Å². The summed E-state index contributed by atoms with van der Waals surface area (Å²) in [5, 5.41) is 3.73. The van der Waals surface area contributed by atoms with Gasteiger partial charge in [-0.05, 0) is 67.1 Å². The van der Waals surface area contributed by atoms with Crippen molar-refractivity contribution in [2.75, 3.05) is 5.32 Å². The van der Waals surface area contributed by atoms with Gasteiger partial charge in [-0.2, -0.15) is 13.2 Å². The molecule has 0 saturated heterocycles. The summed E-state index contributed by atoms with van der Waals surface area (Å²) in [7, 11) is 0. The first-order valence-corrected chi connectivity index (χ1v) is 11.3. The summed E-state index contributed by atoms with van der Waals surface area (Å²) < 4.78 is 58.1. The predicted octanol–water partition coefficient (Wildman–Crippen LogP) is 7.37. The lowest BCUT2D eigenvalue weighted by molar-refractivity contribution is -0.181. The Bertz CT molecular complexity index is 1180. The molecule has 1 heterocycles. The summed E-state index contributed by atoms with van der Waals surface area (Å²) in [6.07, 6.45) is -3.25. The van der Waals surface area contributed by atoms with E-state index in [2.05, 4.69) is 10.3 Å². The van der Waals surface area contributed by atoms with Crippen molar-refractivity contribution in [3.05, 3.63) is 74.8 Å². The minimum atomic E-state index is -4.48. The maximum absolute atomic E-state index is 15.0. The molecule has 2 aromatic carbocycles. The van der Waals surface area contributed by atoms with Gasteiger partial charge in [0.25, 0.3) is 0 Å². The molecule has 3 nitrogen and oxygen atoms in total. The number of hydrogen-bond acceptors (Lipinski definition) is 2. The number of H-pyrrole nitrogens is 1. The highest BCUT2D eigenvalue weighted by Gasteiger charge is 2.45. The third kappa shape index (κ3) is 5.40. The van der Waals surface area contributed by atoms with E-state index in [0.717, 1.165) is 5.56 Å². The normalized spacial score (nSPS) is 13.8. The first-order valence-electron chi connectivity index (χ1n) is 11.3. The minimum Gasteiger partial charge on any atom is -0.377 e. The van der Waals surface area contributed by atoms with Gasteiger partial charge in [-0.3, -0.25) is 4.79 Å². The quantitative estimate of drug-likeness (QED) is 0.343. The van der Waals surface area contributed by atoms with Crippen LogP contribution in [0.1, 0.15) is 61.4 Å². The molecule has 0 aliphatic carbocycles. The van der Waals surface area contributed by atoms with Crippen LogP contribution in [0.4, 0.5) is 23.2 Å². The molecular weight excluding hydrogens is 432 g/mol. The van der Waals surface area contributed by atoms with E-state index >= 15 is 0 Å². The van der Waals surface area contributed by atoms with E-state index < -0.39 is 24.0 Å². The molecule has 178 valence electrons. The standard InChI is InChI=1S/C26H30F4N2O/c1-5-7-8-20(26(28,29)30)25(18-10-9-16(4)24(27)17(18)6-2)32-22-14-15(3)13-21-19(22)11-12-23(33)31-21/h9-14,20,25,32H,5-8H2,1-4H3,(H,31,33). The highest BCUT2D eigenvalue weighted by molar-refractivity contribution is 5.92. The molecule has 2 unspecified atom stereocenters. The average Bonchev–Trinajstić information content (AvgIpc) is 2.73. The van der Waals surface area contributed by atoms with Crippen molar-refractivity contribution in [2.24, 2.45) is 5.92 Å². The van der Waals surface area contributed by atoms with E-state index in [0.29, 0.717) is 46.1 Å². The number of hydrogen-bond donors (Lipinski definition) is 2.